The molecule has 0 saturated heterocycles. The Hall–Kier alpha value is -1.11. The second kappa shape index (κ2) is 9.76. The summed E-state index contributed by atoms with van der Waals surface area (Å²) >= 11 is 0. The summed E-state index contributed by atoms with van der Waals surface area (Å²) in [7, 11) is -0.476. The number of aliphatic hydroxyl groups is 1. The minimum Gasteiger partial charge on any atom is -0.396 e. The molecule has 3 heteroatoms. The van der Waals surface area contributed by atoms with Crippen LogP contribution in [-0.4, -0.2) is 25.8 Å². The predicted octanol–water partition coefficient (Wildman–Crippen LogP) is 3.29. The van der Waals surface area contributed by atoms with Crippen molar-refractivity contribution >= 4 is 26.9 Å². The van der Waals surface area contributed by atoms with E-state index in [1.807, 2.05) is 0 Å². The summed E-state index contributed by atoms with van der Waals surface area (Å²) in [6, 6.07) is 21.3. The van der Waals surface area contributed by atoms with E-state index in [1.165, 1.54) is 23.5 Å². The maximum absolute atomic E-state index is 9.86. The average Bonchev–Trinajstić information content (AvgIpc) is 2.53. The third-order valence-electron chi connectivity index (χ3n) is 3.54. The van der Waals surface area contributed by atoms with Crippen molar-refractivity contribution in [3.05, 3.63) is 60.7 Å². The Kier molecular flexibility index (Phi) is 8.34. The van der Waals surface area contributed by atoms with Gasteiger partial charge in [-0.05, 0) is 25.0 Å². The molecule has 0 aliphatic rings. The lowest BCUT2D eigenvalue weighted by molar-refractivity contribution is 0.287. The van der Waals surface area contributed by atoms with Crippen LogP contribution in [0.4, 0.5) is 0 Å². The normalized spacial score (nSPS) is 12.0. The summed E-state index contributed by atoms with van der Waals surface area (Å²) in [5, 5.41) is 12.6. The molecule has 0 heterocycles. The van der Waals surface area contributed by atoms with E-state index < -0.39 is 7.92 Å². The van der Waals surface area contributed by atoms with Crippen LogP contribution in [0, 0.1) is 0 Å². The highest BCUT2D eigenvalue weighted by atomic mass is 31.1. The predicted molar refractivity (Wildman–Crippen MR) is 95.2 cm³/mol. The summed E-state index contributed by atoms with van der Waals surface area (Å²) in [5.74, 6) is 0. The van der Waals surface area contributed by atoms with Gasteiger partial charge < -0.3 is 5.11 Å². The van der Waals surface area contributed by atoms with E-state index in [1.54, 1.807) is 0 Å². The van der Waals surface area contributed by atoms with E-state index in [9.17, 15) is 5.11 Å². The molecule has 2 rings (SSSR count). The molecule has 109 valence electrons. The van der Waals surface area contributed by atoms with E-state index in [0.29, 0.717) is 5.66 Å². The minimum atomic E-state index is -0.476. The molecule has 0 aliphatic carbocycles. The lowest BCUT2D eigenvalue weighted by Gasteiger charge is -2.27. The van der Waals surface area contributed by atoms with Gasteiger partial charge in [-0.25, -0.2) is 0 Å². The Balaban J connectivity index is 0.00000220. The van der Waals surface area contributed by atoms with E-state index in [4.69, 9.17) is 0 Å². The first kappa shape index (κ1) is 17.9. The van der Waals surface area contributed by atoms with Gasteiger partial charge in [0.05, 0.1) is 6.61 Å². The largest absolute Gasteiger partial charge is 0.396 e. The zero-order valence-electron chi connectivity index (χ0n) is 12.7. The van der Waals surface area contributed by atoms with Gasteiger partial charge in [0.2, 0.25) is 0 Å². The molecule has 0 saturated carbocycles. The molecule has 0 aromatic heterocycles. The topological polar surface area (TPSA) is 20.2 Å². The lowest BCUT2D eigenvalue weighted by Crippen LogP contribution is -2.24. The van der Waals surface area contributed by atoms with Crippen LogP contribution in [0.1, 0.15) is 26.2 Å². The summed E-state index contributed by atoms with van der Waals surface area (Å²) < 4.78 is 0. The van der Waals surface area contributed by atoms with Crippen LogP contribution in [0.3, 0.4) is 0 Å². The molecular formula is C18H23BOP. The first-order valence-electron chi connectivity index (χ1n) is 7.37. The maximum atomic E-state index is 9.86. The second-order valence-electron chi connectivity index (χ2n) is 5.02. The zero-order valence-corrected chi connectivity index (χ0v) is 13.5. The number of hydrogen-bond donors (Lipinski definition) is 1. The zero-order chi connectivity index (χ0) is 14.2. The number of benzene rings is 2. The van der Waals surface area contributed by atoms with Gasteiger partial charge >= 0.3 is 0 Å². The Morgan fingerprint density at radius 2 is 1.38 bits per heavy atom. The van der Waals surface area contributed by atoms with E-state index in [-0.39, 0.29) is 15.0 Å². The van der Waals surface area contributed by atoms with Crippen molar-refractivity contribution in [2.24, 2.45) is 0 Å². The highest BCUT2D eigenvalue weighted by Crippen LogP contribution is 2.41. The van der Waals surface area contributed by atoms with E-state index >= 15 is 0 Å². The van der Waals surface area contributed by atoms with Crippen LogP contribution in [0.5, 0.6) is 0 Å². The Bertz CT molecular complexity index is 450. The quantitative estimate of drug-likeness (QED) is 0.614. The smallest absolute Gasteiger partial charge is 0.0504 e. The Morgan fingerprint density at radius 3 is 1.76 bits per heavy atom. The molecule has 2 aromatic carbocycles. The number of aliphatic hydroxyl groups excluding tert-OH is 1. The van der Waals surface area contributed by atoms with E-state index in [0.717, 1.165) is 6.42 Å². The fourth-order valence-corrected chi connectivity index (χ4v) is 5.22. The number of hydrogen-bond acceptors (Lipinski definition) is 1. The maximum Gasteiger partial charge on any atom is 0.0504 e. The highest BCUT2D eigenvalue weighted by Gasteiger charge is 2.23. The van der Waals surface area contributed by atoms with Crippen LogP contribution in [-0.2, 0) is 0 Å². The average molecular weight is 297 g/mol. The van der Waals surface area contributed by atoms with Gasteiger partial charge in [0.15, 0.2) is 0 Å². The molecular weight excluding hydrogens is 274 g/mol. The number of rotatable bonds is 7. The monoisotopic (exact) mass is 297 g/mol. The summed E-state index contributed by atoms with van der Waals surface area (Å²) in [6.07, 6.45) is 3.47. The molecule has 21 heavy (non-hydrogen) atoms. The van der Waals surface area contributed by atoms with Crippen molar-refractivity contribution in [1.29, 1.82) is 0 Å². The fraction of sp³-hybridized carbons (Fsp3) is 0.333. The fourth-order valence-electron chi connectivity index (χ4n) is 2.49. The molecule has 1 atom stereocenters. The Morgan fingerprint density at radius 1 is 0.905 bits per heavy atom. The molecule has 2 aromatic rings. The van der Waals surface area contributed by atoms with Crippen LogP contribution in [0.2, 0.25) is 0 Å². The molecule has 3 radical (unpaired) electrons. The van der Waals surface area contributed by atoms with Crippen molar-refractivity contribution in [3.63, 3.8) is 0 Å². The molecule has 0 amide bonds. The first-order valence-corrected chi connectivity index (χ1v) is 8.78. The molecule has 0 fully saturated rings. The highest BCUT2D eigenvalue weighted by molar-refractivity contribution is 7.73. The van der Waals surface area contributed by atoms with Gasteiger partial charge in [0.1, 0.15) is 0 Å². The van der Waals surface area contributed by atoms with Gasteiger partial charge in [-0.1, -0.05) is 80.4 Å². The van der Waals surface area contributed by atoms with Gasteiger partial charge in [-0.3, -0.25) is 0 Å². The summed E-state index contributed by atoms with van der Waals surface area (Å²) in [5.41, 5.74) is 0.356. The van der Waals surface area contributed by atoms with Crippen LogP contribution in [0.15, 0.2) is 60.7 Å². The van der Waals surface area contributed by atoms with Gasteiger partial charge in [0.25, 0.3) is 0 Å². The third kappa shape index (κ3) is 4.98. The lowest BCUT2D eigenvalue weighted by atomic mass is 10.2. The molecule has 0 bridgehead atoms. The SMILES string of the molecule is CCCC[C@H](CO)P(c1ccccc1)c1ccccc1.[B]. The van der Waals surface area contributed by atoms with Gasteiger partial charge in [-0.2, -0.15) is 0 Å². The van der Waals surface area contributed by atoms with Crippen LogP contribution >= 0.6 is 7.92 Å². The first-order chi connectivity index (χ1) is 9.86. The summed E-state index contributed by atoms with van der Waals surface area (Å²) in [6.45, 7) is 2.48. The molecule has 0 spiro atoms. The van der Waals surface area contributed by atoms with Crippen molar-refractivity contribution in [2.45, 2.75) is 31.8 Å². The molecule has 1 N–H and O–H groups in total. The van der Waals surface area contributed by atoms with Crippen LogP contribution < -0.4 is 10.6 Å². The van der Waals surface area contributed by atoms with Crippen LogP contribution in [0.25, 0.3) is 0 Å². The van der Waals surface area contributed by atoms with Gasteiger partial charge in [0, 0.05) is 14.1 Å². The van der Waals surface area contributed by atoms with Crippen molar-refractivity contribution < 1.29 is 5.11 Å². The van der Waals surface area contributed by atoms with Crippen molar-refractivity contribution in [3.8, 4) is 0 Å². The summed E-state index contributed by atoms with van der Waals surface area (Å²) in [4.78, 5) is 0. The van der Waals surface area contributed by atoms with Gasteiger partial charge in [-0.15, -0.1) is 0 Å². The molecule has 1 nitrogen and oxygen atoms in total. The van der Waals surface area contributed by atoms with Crippen molar-refractivity contribution in [2.75, 3.05) is 6.61 Å². The second-order valence-corrected chi connectivity index (χ2v) is 7.52. The van der Waals surface area contributed by atoms with Crippen molar-refractivity contribution in [1.82, 2.24) is 0 Å². The standard InChI is InChI=1S/C18H23OP.B/c1-2-3-10-18(15-19)20(16-11-6-4-7-12-16)17-13-8-5-9-14-17;/h4-9,11-14,18-19H,2-3,10,15H2,1H3;/t18-;/m1./s1. The molecule has 0 aliphatic heterocycles. The number of unbranched alkanes of at least 4 members (excludes halogenated alkanes) is 1. The minimum absolute atomic E-state index is 0. The Labute approximate surface area is 131 Å². The van der Waals surface area contributed by atoms with E-state index in [2.05, 4.69) is 67.6 Å². The third-order valence-corrected chi connectivity index (χ3v) is 6.40. The molecule has 0 unspecified atom stereocenters.